The summed E-state index contributed by atoms with van der Waals surface area (Å²) in [6.07, 6.45) is -2.89. The van der Waals surface area contributed by atoms with Gasteiger partial charge < -0.3 is 61.7 Å². The summed E-state index contributed by atoms with van der Waals surface area (Å²) in [5.74, 6) is -7.74. The number of rotatable bonds is 23. The molecule has 24 heteroatoms. The van der Waals surface area contributed by atoms with E-state index in [0.717, 1.165) is 35.5 Å². The number of carbonyl (C=O) groups is 7. The average molecular weight is 976 g/mol. The van der Waals surface area contributed by atoms with Gasteiger partial charge in [0.1, 0.15) is 35.8 Å². The molecule has 0 saturated carbocycles. The third-order valence-corrected chi connectivity index (χ3v) is 10.6. The topological polar surface area (TPSA) is 283 Å². The lowest BCUT2D eigenvalue weighted by Crippen LogP contribution is -2.49. The molecule has 10 N–H and O–H groups in total. The van der Waals surface area contributed by atoms with E-state index in [0.29, 0.717) is 43.6 Å². The first-order valence-corrected chi connectivity index (χ1v) is 21.4. The van der Waals surface area contributed by atoms with Crippen LogP contribution in [0, 0.1) is 17.0 Å². The minimum Gasteiger partial charge on any atom is -0.480 e. The van der Waals surface area contributed by atoms with E-state index in [4.69, 9.17) is 25.8 Å². The van der Waals surface area contributed by atoms with Gasteiger partial charge >= 0.3 is 24.1 Å². The number of alkyl halides is 3. The number of nitrogens with zero attached hydrogens (tertiary/aromatic N) is 2. The number of halogens is 5. The number of nitrogens with two attached hydrogens (primary N) is 1. The number of hydrogen-bond donors (Lipinski definition) is 9. The Hall–Kier alpha value is -5.95. The minimum absolute atomic E-state index is 0.115. The summed E-state index contributed by atoms with van der Waals surface area (Å²) < 4.78 is 62.8. The second-order valence-corrected chi connectivity index (χ2v) is 16.7. The molecule has 1 aromatic heterocycles. The number of hydrogen-bond acceptors (Lipinski definition) is 12. The molecule has 0 aliphatic carbocycles. The normalized spacial score (nSPS) is 13.0. The third kappa shape index (κ3) is 21.0. The molecule has 0 aliphatic heterocycles. The van der Waals surface area contributed by atoms with Crippen LogP contribution in [0.5, 0.6) is 0 Å². The molecular weight excluding hydrogens is 918 g/mol. The molecule has 0 radical (unpaired) electrons. The predicted molar refractivity (Wildman–Crippen MR) is 238 cm³/mol. The molecule has 372 valence electrons. The first kappa shape index (κ1) is 59.1. The van der Waals surface area contributed by atoms with Crippen LogP contribution in [0.25, 0.3) is 11.1 Å². The molecule has 0 bridgehead atoms. The van der Waals surface area contributed by atoms with E-state index in [9.17, 15) is 55.8 Å². The van der Waals surface area contributed by atoms with Gasteiger partial charge in [-0.1, -0.05) is 51.1 Å². The van der Waals surface area contributed by atoms with Gasteiger partial charge in [0.05, 0.1) is 18.6 Å². The maximum absolute atomic E-state index is 14.9. The first-order valence-electron chi connectivity index (χ1n) is 20.3. The lowest BCUT2D eigenvalue weighted by atomic mass is 9.82. The van der Waals surface area contributed by atoms with Crippen LogP contribution in [0.15, 0.2) is 60.8 Å². The molecule has 0 fully saturated rings. The first-order chi connectivity index (χ1) is 31.3. The van der Waals surface area contributed by atoms with Crippen molar-refractivity contribution in [1.82, 2.24) is 30.7 Å². The van der Waals surface area contributed by atoms with E-state index in [-0.39, 0.29) is 36.7 Å². The summed E-state index contributed by atoms with van der Waals surface area (Å²) in [5.41, 5.74) is 6.95. The molecule has 3 aromatic rings. The van der Waals surface area contributed by atoms with Gasteiger partial charge in [-0.05, 0) is 55.8 Å². The van der Waals surface area contributed by atoms with Crippen molar-refractivity contribution in [3.63, 3.8) is 0 Å². The van der Waals surface area contributed by atoms with E-state index in [1.54, 1.807) is 31.3 Å². The van der Waals surface area contributed by atoms with Crippen LogP contribution in [0.2, 0.25) is 0 Å². The van der Waals surface area contributed by atoms with Gasteiger partial charge in [0, 0.05) is 61.4 Å². The zero-order chi connectivity index (χ0) is 51.1. The van der Waals surface area contributed by atoms with Gasteiger partial charge in [-0.2, -0.15) is 13.2 Å². The number of amides is 3. The maximum Gasteiger partial charge on any atom is 0.490 e. The predicted octanol–water partition coefficient (Wildman–Crippen LogP) is 2.63. The molecule has 3 amide bonds. The largest absolute Gasteiger partial charge is 0.490 e. The van der Waals surface area contributed by atoms with Crippen molar-refractivity contribution in [1.29, 1.82) is 0 Å². The highest BCUT2D eigenvalue weighted by Gasteiger charge is 2.39. The Balaban J connectivity index is 0.000000739. The van der Waals surface area contributed by atoms with Crippen molar-refractivity contribution in [2.45, 2.75) is 69.7 Å². The zero-order valence-electron chi connectivity index (χ0n) is 37.4. The van der Waals surface area contributed by atoms with Crippen LogP contribution >= 0.6 is 11.8 Å². The fraction of sp³-hybridized carbons (Fsp3) is 0.465. The van der Waals surface area contributed by atoms with Crippen molar-refractivity contribution in [2.75, 3.05) is 52.6 Å². The number of carbonyl (C=O) groups excluding carboxylic acids is 4. The molecule has 2 aromatic carbocycles. The maximum atomic E-state index is 14.9. The molecule has 1 heterocycles. The second kappa shape index (κ2) is 28.9. The quantitative estimate of drug-likeness (QED) is 0.0375. The number of nitrogens with one attached hydrogen (secondary N) is 4. The van der Waals surface area contributed by atoms with Crippen molar-refractivity contribution in [3.05, 3.63) is 83.7 Å². The highest BCUT2D eigenvalue weighted by molar-refractivity contribution is 8.00. The Bertz CT molecular complexity index is 2090. The Morgan fingerprint density at radius 3 is 2.04 bits per heavy atom. The van der Waals surface area contributed by atoms with Crippen LogP contribution < -0.4 is 27.0 Å². The van der Waals surface area contributed by atoms with E-state index in [1.165, 1.54) is 0 Å². The van der Waals surface area contributed by atoms with Crippen LogP contribution in [0.3, 0.4) is 0 Å². The smallest absolute Gasteiger partial charge is 0.480 e. The Labute approximate surface area is 387 Å². The Kier molecular flexibility index (Phi) is 25.5. The summed E-state index contributed by atoms with van der Waals surface area (Å²) in [4.78, 5) is 79.1. The number of aromatic nitrogens is 1. The molecule has 4 atom stereocenters. The molecule has 3 rings (SSSR count). The van der Waals surface area contributed by atoms with Gasteiger partial charge in [-0.3, -0.25) is 24.0 Å². The SMILES string of the molecule is CNCCNC(=O)C(CCN(C(=O)CO)C(c1cc(-c2cc(F)ccc2F)cn1Cc1ccccc1)C(C)(C)C)NC.NC(CSC(CC(=O)NCC=O)C(=O)O)C(=O)O.O=C(O)C(F)(F)F. The summed E-state index contributed by atoms with van der Waals surface area (Å²) in [6, 6.07) is 12.5. The number of carboxylic acids is 3. The minimum atomic E-state index is -5.08. The second-order valence-electron chi connectivity index (χ2n) is 15.5. The number of carboxylic acid groups (broad SMARTS) is 3. The number of likely N-dealkylation sites (N-methyl/N-ethyl adjacent to an activating group) is 2. The Morgan fingerprint density at radius 2 is 1.54 bits per heavy atom. The number of benzene rings is 2. The van der Waals surface area contributed by atoms with E-state index < -0.39 is 82.9 Å². The molecule has 0 saturated heterocycles. The van der Waals surface area contributed by atoms with E-state index in [1.807, 2.05) is 55.7 Å². The van der Waals surface area contributed by atoms with Crippen LogP contribution in [0.1, 0.15) is 50.9 Å². The highest BCUT2D eigenvalue weighted by atomic mass is 32.2. The lowest BCUT2D eigenvalue weighted by molar-refractivity contribution is -0.192. The van der Waals surface area contributed by atoms with Crippen LogP contribution in [-0.4, -0.2) is 148 Å². The van der Waals surface area contributed by atoms with Crippen LogP contribution in [-0.2, 0) is 40.1 Å². The molecular formula is C43H58F5N7O11S. The van der Waals surface area contributed by atoms with Gasteiger partial charge in [-0.25, -0.2) is 13.6 Å². The van der Waals surface area contributed by atoms with Crippen molar-refractivity contribution in [2.24, 2.45) is 11.1 Å². The van der Waals surface area contributed by atoms with E-state index in [2.05, 4.69) is 21.3 Å². The molecule has 4 unspecified atom stereocenters. The van der Waals surface area contributed by atoms with Crippen molar-refractivity contribution in [3.8, 4) is 11.1 Å². The number of aliphatic carboxylic acids is 3. The molecule has 67 heavy (non-hydrogen) atoms. The monoisotopic (exact) mass is 975 g/mol. The van der Waals surface area contributed by atoms with Gasteiger partial charge in [-0.15, -0.1) is 11.8 Å². The standard InChI is InChI=1S/C32H43F2N5O3.C9H14N2O6S.C2HF3O2/c1-32(2,3)30(39(29(41)21-40)16-13-27(36-5)31(42)37-15-14-35-4)28-17-23(25-18-24(33)11-12-26(25)34)20-38(28)19-22-9-7-6-8-10-22;10-5(8(14)15)4-18-6(9(16)17)3-7(13)11-1-2-12;3-2(4,5)1(6)7/h6-12,17-18,20,27,30,35-36,40H,13-16,19,21H2,1-5H3,(H,37,42);2,5-6H,1,3-4,10H2,(H,11,13)(H,14,15)(H,16,17);(H,6,7). The summed E-state index contributed by atoms with van der Waals surface area (Å²) in [7, 11) is 3.49. The zero-order valence-corrected chi connectivity index (χ0v) is 38.3. The summed E-state index contributed by atoms with van der Waals surface area (Å²) >= 11 is 0.773. The highest BCUT2D eigenvalue weighted by Crippen LogP contribution is 2.41. The van der Waals surface area contributed by atoms with Gasteiger partial charge in [0.15, 0.2) is 0 Å². The molecule has 0 aliphatic rings. The fourth-order valence-corrected chi connectivity index (χ4v) is 7.11. The van der Waals surface area contributed by atoms with Crippen molar-refractivity contribution < 1.29 is 75.9 Å². The van der Waals surface area contributed by atoms with Crippen molar-refractivity contribution >= 4 is 53.7 Å². The lowest BCUT2D eigenvalue weighted by Gasteiger charge is -2.41. The number of aldehydes is 1. The number of aliphatic hydroxyl groups excluding tert-OH is 1. The number of thioether (sulfide) groups is 1. The fourth-order valence-electron chi connectivity index (χ4n) is 6.11. The summed E-state index contributed by atoms with van der Waals surface area (Å²) in [6.45, 7) is 6.73. The molecule has 0 spiro atoms. The van der Waals surface area contributed by atoms with Crippen LogP contribution in [0.4, 0.5) is 22.0 Å². The Morgan fingerprint density at radius 1 is 0.910 bits per heavy atom. The van der Waals surface area contributed by atoms with Gasteiger partial charge in [0.25, 0.3) is 0 Å². The molecule has 18 nitrogen and oxygen atoms in total. The third-order valence-electron chi connectivity index (χ3n) is 9.30. The number of aliphatic hydroxyl groups is 1. The van der Waals surface area contributed by atoms with Gasteiger partial charge in [0.2, 0.25) is 17.7 Å². The summed E-state index contributed by atoms with van der Waals surface area (Å²) in [5, 5.41) is 44.5. The van der Waals surface area contributed by atoms with E-state index >= 15 is 0 Å². The average Bonchev–Trinajstić information content (AvgIpc) is 3.66.